The molecule has 3 aromatic rings. The van der Waals surface area contributed by atoms with Gasteiger partial charge in [0.15, 0.2) is 6.61 Å². The monoisotopic (exact) mass is 602 g/mol. The van der Waals surface area contributed by atoms with Gasteiger partial charge in [-0.1, -0.05) is 24.3 Å². The van der Waals surface area contributed by atoms with E-state index in [-0.39, 0.29) is 49.9 Å². The summed E-state index contributed by atoms with van der Waals surface area (Å²) in [5, 5.41) is 5.84. The highest BCUT2D eigenvalue weighted by Crippen LogP contribution is 2.19. The Morgan fingerprint density at radius 1 is 1.00 bits per heavy atom. The van der Waals surface area contributed by atoms with E-state index >= 15 is 0 Å². The summed E-state index contributed by atoms with van der Waals surface area (Å²) in [5.74, 6) is 0.531. The second-order valence-electron chi connectivity index (χ2n) is 10.0. The molecule has 0 spiro atoms. The molecule has 7 rings (SSSR count). The topological polar surface area (TPSA) is 128 Å². The maximum atomic E-state index is 12.8. The molecule has 0 atom stereocenters. The number of hydrogen-bond donors (Lipinski definition) is 2. The van der Waals surface area contributed by atoms with Gasteiger partial charge >= 0.3 is 18.3 Å². The number of ether oxygens (including phenoxy) is 3. The third kappa shape index (κ3) is 10.3. The molecule has 0 unspecified atom stereocenters. The van der Waals surface area contributed by atoms with Crippen molar-refractivity contribution < 1.29 is 37.0 Å². The number of carbonyl (C=O) groups excluding carboxylic acids is 2. The zero-order valence-electron chi connectivity index (χ0n) is 23.8. The van der Waals surface area contributed by atoms with E-state index in [0.717, 1.165) is 11.1 Å². The largest absolute Gasteiger partial charge is 0.492 e. The van der Waals surface area contributed by atoms with Gasteiger partial charge in [-0.3, -0.25) is 4.79 Å². The number of anilines is 1. The zero-order valence-corrected chi connectivity index (χ0v) is 23.8. The van der Waals surface area contributed by atoms with E-state index in [0.29, 0.717) is 30.8 Å². The van der Waals surface area contributed by atoms with E-state index in [1.165, 1.54) is 0 Å². The fourth-order valence-corrected chi connectivity index (χ4v) is 4.03. The predicted molar refractivity (Wildman–Crippen MR) is 150 cm³/mol. The van der Waals surface area contributed by atoms with Gasteiger partial charge in [-0.2, -0.15) is 28.1 Å². The van der Waals surface area contributed by atoms with Crippen molar-refractivity contribution >= 4 is 17.9 Å². The van der Waals surface area contributed by atoms with Crippen LogP contribution in [0.5, 0.6) is 11.8 Å². The summed E-state index contributed by atoms with van der Waals surface area (Å²) >= 11 is 0. The number of halogens is 3. The first-order valence-corrected chi connectivity index (χ1v) is 13.8. The SMILES string of the molecule is CC(C)OC(=O)N1CCCNC(=O)c2ccc(cc2)Cc2nc(nc(OCC(F)(F)F)n2)NCc2ccc(cc2)OCC1. The van der Waals surface area contributed by atoms with Crippen molar-refractivity contribution in [1.82, 2.24) is 25.2 Å². The van der Waals surface area contributed by atoms with Gasteiger partial charge in [0.05, 0.1) is 12.6 Å². The fourth-order valence-electron chi connectivity index (χ4n) is 4.03. The lowest BCUT2D eigenvalue weighted by molar-refractivity contribution is -0.154. The molecule has 2 aromatic carbocycles. The summed E-state index contributed by atoms with van der Waals surface area (Å²) in [4.78, 5) is 39.2. The highest BCUT2D eigenvalue weighted by atomic mass is 19.4. The summed E-state index contributed by atoms with van der Waals surface area (Å²) in [6.07, 6.45) is -4.64. The molecule has 5 heterocycles. The lowest BCUT2D eigenvalue weighted by Gasteiger charge is -2.23. The van der Waals surface area contributed by atoms with Crippen molar-refractivity contribution in [2.45, 2.75) is 45.5 Å². The minimum Gasteiger partial charge on any atom is -0.492 e. The Morgan fingerprint density at radius 3 is 2.42 bits per heavy atom. The standard InChI is InChI=1S/C29H33F3N6O5/c1-19(2)43-28(40)38-13-3-12-33-25(39)22-8-4-20(5-9-22)16-24-35-26(37-27(36-24)42-18-29(30,31)32)34-17-21-6-10-23(11-7-21)41-15-14-38/h4-11,19H,3,12-18H2,1-2H3,(H,33,39)(H,34,35,36,37). The van der Waals surface area contributed by atoms with Gasteiger partial charge in [-0.05, 0) is 55.7 Å². The molecular weight excluding hydrogens is 569 g/mol. The molecule has 0 saturated carbocycles. The van der Waals surface area contributed by atoms with Crippen LogP contribution >= 0.6 is 0 Å². The summed E-state index contributed by atoms with van der Waals surface area (Å²) < 4.78 is 54.3. The molecule has 2 N–H and O–H groups in total. The van der Waals surface area contributed by atoms with Crippen molar-refractivity contribution in [3.8, 4) is 11.8 Å². The van der Waals surface area contributed by atoms with E-state index in [2.05, 4.69) is 25.6 Å². The second-order valence-corrected chi connectivity index (χ2v) is 10.0. The van der Waals surface area contributed by atoms with Gasteiger partial charge in [-0.25, -0.2) is 4.79 Å². The highest BCUT2D eigenvalue weighted by molar-refractivity contribution is 5.94. The van der Waals surface area contributed by atoms with Crippen LogP contribution < -0.4 is 20.1 Å². The predicted octanol–water partition coefficient (Wildman–Crippen LogP) is 4.37. The molecular formula is C29H33F3N6O5. The second kappa shape index (κ2) is 14.5. The van der Waals surface area contributed by atoms with Gasteiger partial charge in [0.1, 0.15) is 18.2 Å². The van der Waals surface area contributed by atoms with Gasteiger partial charge in [0.2, 0.25) is 5.95 Å². The van der Waals surface area contributed by atoms with Crippen LogP contribution in [0, 0.1) is 0 Å². The van der Waals surface area contributed by atoms with Crippen LogP contribution in [0.2, 0.25) is 0 Å². The average Bonchev–Trinajstić information content (AvgIpc) is 2.96. The summed E-state index contributed by atoms with van der Waals surface area (Å²) in [6.45, 7) is 3.46. The molecule has 2 amide bonds. The average molecular weight is 603 g/mol. The first-order valence-electron chi connectivity index (χ1n) is 13.8. The van der Waals surface area contributed by atoms with Gasteiger partial charge < -0.3 is 29.7 Å². The minimum atomic E-state index is -4.56. The number of carbonyl (C=O) groups is 2. The molecule has 14 heteroatoms. The van der Waals surface area contributed by atoms with Crippen molar-refractivity contribution in [1.29, 1.82) is 0 Å². The smallest absolute Gasteiger partial charge is 0.422 e. The van der Waals surface area contributed by atoms with Crippen LogP contribution in [-0.2, 0) is 17.7 Å². The molecule has 0 radical (unpaired) electrons. The van der Waals surface area contributed by atoms with Gasteiger partial charge in [0.25, 0.3) is 5.91 Å². The van der Waals surface area contributed by atoms with Crippen LogP contribution in [0.1, 0.15) is 47.6 Å². The van der Waals surface area contributed by atoms with Crippen LogP contribution in [0.3, 0.4) is 0 Å². The quantitative estimate of drug-likeness (QED) is 0.449. The van der Waals surface area contributed by atoms with E-state index in [4.69, 9.17) is 14.2 Å². The molecule has 11 nitrogen and oxygen atoms in total. The molecule has 0 aliphatic carbocycles. The maximum Gasteiger partial charge on any atom is 0.422 e. The Kier molecular flexibility index (Phi) is 10.6. The van der Waals surface area contributed by atoms with E-state index in [1.54, 1.807) is 55.1 Å². The first-order chi connectivity index (χ1) is 20.5. The third-order valence-electron chi connectivity index (χ3n) is 6.09. The Bertz CT molecular complexity index is 1370. The summed E-state index contributed by atoms with van der Waals surface area (Å²) in [7, 11) is 0. The molecule has 4 aliphatic rings. The number of benzene rings is 2. The lowest BCUT2D eigenvalue weighted by Crippen LogP contribution is -2.38. The molecule has 0 fully saturated rings. The van der Waals surface area contributed by atoms with E-state index in [9.17, 15) is 22.8 Å². The van der Waals surface area contributed by atoms with Crippen LogP contribution in [-0.4, -0.2) is 77.0 Å². The Labute approximate surface area is 246 Å². The number of rotatable bonds is 3. The van der Waals surface area contributed by atoms with Gasteiger partial charge in [0, 0.05) is 31.6 Å². The van der Waals surface area contributed by atoms with Crippen molar-refractivity contribution in [3.63, 3.8) is 0 Å². The zero-order chi connectivity index (χ0) is 30.8. The van der Waals surface area contributed by atoms with Crippen LogP contribution in [0.25, 0.3) is 0 Å². The molecule has 230 valence electrons. The van der Waals surface area contributed by atoms with Crippen molar-refractivity contribution in [2.24, 2.45) is 0 Å². The number of amides is 2. The van der Waals surface area contributed by atoms with E-state index < -0.39 is 24.9 Å². The number of aromatic nitrogens is 3. The molecule has 0 saturated heterocycles. The van der Waals surface area contributed by atoms with Crippen molar-refractivity contribution in [2.75, 3.05) is 38.2 Å². The lowest BCUT2D eigenvalue weighted by atomic mass is 10.1. The minimum absolute atomic E-state index is 0.0465. The Hall–Kier alpha value is -4.62. The first kappa shape index (κ1) is 31.3. The normalized spacial score (nSPS) is 14.9. The van der Waals surface area contributed by atoms with Crippen LogP contribution in [0.15, 0.2) is 48.5 Å². The summed E-state index contributed by atoms with van der Waals surface area (Å²) in [6, 6.07) is 13.4. The van der Waals surface area contributed by atoms with Crippen LogP contribution in [0.4, 0.5) is 23.9 Å². The molecule has 4 aliphatic heterocycles. The number of nitrogens with one attached hydrogen (secondary N) is 2. The number of alkyl halides is 3. The molecule has 43 heavy (non-hydrogen) atoms. The van der Waals surface area contributed by atoms with E-state index in [1.807, 2.05) is 12.1 Å². The Balaban J connectivity index is 1.55. The van der Waals surface area contributed by atoms with Crippen molar-refractivity contribution in [3.05, 3.63) is 71.0 Å². The highest BCUT2D eigenvalue weighted by Gasteiger charge is 2.29. The fraction of sp³-hybridized carbons (Fsp3) is 0.414. The van der Waals surface area contributed by atoms with Gasteiger partial charge in [-0.15, -0.1) is 0 Å². The summed E-state index contributed by atoms with van der Waals surface area (Å²) in [5.41, 5.74) is 1.98. The molecule has 6 bridgehead atoms. The third-order valence-corrected chi connectivity index (χ3v) is 6.09. The Morgan fingerprint density at radius 2 is 1.72 bits per heavy atom. The number of nitrogens with zero attached hydrogens (tertiary/aromatic N) is 4. The molecule has 1 aromatic heterocycles. The maximum absolute atomic E-state index is 12.8. The number of hydrogen-bond acceptors (Lipinski definition) is 9.